The minimum absolute atomic E-state index is 0.0642. The van der Waals surface area contributed by atoms with Gasteiger partial charge in [-0.25, -0.2) is 0 Å². The summed E-state index contributed by atoms with van der Waals surface area (Å²) < 4.78 is 10.2. The molecule has 0 aromatic heterocycles. The molecule has 1 rings (SSSR count). The fraction of sp³-hybridized carbons (Fsp3) is 0.529. The van der Waals surface area contributed by atoms with Gasteiger partial charge in [0.25, 0.3) is 5.91 Å². The summed E-state index contributed by atoms with van der Waals surface area (Å²) >= 11 is 0. The maximum Gasteiger partial charge on any atom is 0.307 e. The van der Waals surface area contributed by atoms with Crippen LogP contribution >= 0.6 is 0 Å². The maximum absolute atomic E-state index is 11.9. The molecule has 1 aromatic rings. The first kappa shape index (κ1) is 18.0. The SMILES string of the molecule is COC(=O)CC(C)NC(=O)COc1ccccc1C(C)(C)C. The number of nitrogens with one attached hydrogen (secondary N) is 1. The quantitative estimate of drug-likeness (QED) is 0.820. The van der Waals surface area contributed by atoms with Crippen molar-refractivity contribution in [2.24, 2.45) is 0 Å². The molecule has 0 radical (unpaired) electrons. The van der Waals surface area contributed by atoms with Crippen LogP contribution in [0.3, 0.4) is 0 Å². The van der Waals surface area contributed by atoms with Crippen molar-refractivity contribution >= 4 is 11.9 Å². The molecule has 0 saturated heterocycles. The Bertz CT molecular complexity index is 520. The molecule has 0 bridgehead atoms. The Labute approximate surface area is 132 Å². The van der Waals surface area contributed by atoms with E-state index in [0.29, 0.717) is 5.75 Å². The minimum atomic E-state index is -0.355. The molecule has 0 fully saturated rings. The monoisotopic (exact) mass is 307 g/mol. The Morgan fingerprint density at radius 1 is 1.23 bits per heavy atom. The Balaban J connectivity index is 2.57. The molecule has 1 N–H and O–H groups in total. The zero-order valence-electron chi connectivity index (χ0n) is 13.9. The van der Waals surface area contributed by atoms with E-state index >= 15 is 0 Å². The first-order chi connectivity index (χ1) is 10.2. The summed E-state index contributed by atoms with van der Waals surface area (Å²) in [5, 5.41) is 2.71. The molecule has 0 aliphatic rings. The van der Waals surface area contributed by atoms with Crippen molar-refractivity contribution in [3.05, 3.63) is 29.8 Å². The first-order valence-electron chi connectivity index (χ1n) is 7.32. The van der Waals surface area contributed by atoms with E-state index in [1.54, 1.807) is 6.92 Å². The van der Waals surface area contributed by atoms with Crippen molar-refractivity contribution < 1.29 is 19.1 Å². The van der Waals surface area contributed by atoms with Crippen LogP contribution in [0.15, 0.2) is 24.3 Å². The number of benzene rings is 1. The topological polar surface area (TPSA) is 64.6 Å². The van der Waals surface area contributed by atoms with Gasteiger partial charge in [-0.2, -0.15) is 0 Å². The third kappa shape index (κ3) is 5.76. The fourth-order valence-corrected chi connectivity index (χ4v) is 2.06. The second-order valence-electron chi connectivity index (χ2n) is 6.28. The van der Waals surface area contributed by atoms with Crippen molar-refractivity contribution in [2.75, 3.05) is 13.7 Å². The van der Waals surface area contributed by atoms with Crippen LogP contribution in [0.25, 0.3) is 0 Å². The lowest BCUT2D eigenvalue weighted by molar-refractivity contribution is -0.141. The molecule has 1 unspecified atom stereocenters. The maximum atomic E-state index is 11.9. The van der Waals surface area contributed by atoms with Crippen molar-refractivity contribution in [1.29, 1.82) is 0 Å². The average Bonchev–Trinajstić information content (AvgIpc) is 2.44. The summed E-state index contributed by atoms with van der Waals surface area (Å²) in [4.78, 5) is 23.0. The van der Waals surface area contributed by atoms with E-state index < -0.39 is 0 Å². The van der Waals surface area contributed by atoms with E-state index in [9.17, 15) is 9.59 Å². The Morgan fingerprint density at radius 3 is 2.45 bits per heavy atom. The summed E-state index contributed by atoms with van der Waals surface area (Å²) in [7, 11) is 1.32. The molecule has 22 heavy (non-hydrogen) atoms. The smallest absolute Gasteiger partial charge is 0.307 e. The van der Waals surface area contributed by atoms with Gasteiger partial charge >= 0.3 is 5.97 Å². The summed E-state index contributed by atoms with van der Waals surface area (Å²) in [5.41, 5.74) is 0.982. The van der Waals surface area contributed by atoms with Crippen molar-refractivity contribution in [1.82, 2.24) is 5.32 Å². The van der Waals surface area contributed by atoms with Crippen molar-refractivity contribution in [3.63, 3.8) is 0 Å². The molecule has 5 nitrogen and oxygen atoms in total. The number of methoxy groups -OCH3 is 1. The first-order valence-corrected chi connectivity index (χ1v) is 7.32. The number of carbonyl (C=O) groups excluding carboxylic acids is 2. The van der Waals surface area contributed by atoms with Crippen LogP contribution in [0.2, 0.25) is 0 Å². The van der Waals surface area contributed by atoms with Gasteiger partial charge in [0.2, 0.25) is 0 Å². The predicted molar refractivity (Wildman–Crippen MR) is 84.9 cm³/mol. The van der Waals surface area contributed by atoms with Crippen LogP contribution in [-0.4, -0.2) is 31.6 Å². The highest BCUT2D eigenvalue weighted by atomic mass is 16.5. The lowest BCUT2D eigenvalue weighted by atomic mass is 9.86. The highest BCUT2D eigenvalue weighted by molar-refractivity contribution is 5.79. The summed E-state index contributed by atoms with van der Waals surface area (Å²) in [6.07, 6.45) is 0.140. The van der Waals surface area contributed by atoms with Gasteiger partial charge in [-0.15, -0.1) is 0 Å². The molecule has 122 valence electrons. The van der Waals surface area contributed by atoms with Gasteiger partial charge in [0.05, 0.1) is 13.5 Å². The number of ether oxygens (including phenoxy) is 2. The number of amides is 1. The lowest BCUT2D eigenvalue weighted by Gasteiger charge is -2.22. The predicted octanol–water partition coefficient (Wildman–Crippen LogP) is 2.43. The van der Waals surface area contributed by atoms with Crippen LogP contribution in [0.4, 0.5) is 0 Å². The van der Waals surface area contributed by atoms with Gasteiger partial charge in [-0.3, -0.25) is 9.59 Å². The summed E-state index contributed by atoms with van der Waals surface area (Å²) in [6.45, 7) is 7.94. The Hall–Kier alpha value is -2.04. The Morgan fingerprint density at radius 2 is 1.86 bits per heavy atom. The van der Waals surface area contributed by atoms with Gasteiger partial charge in [-0.05, 0) is 24.0 Å². The zero-order valence-corrected chi connectivity index (χ0v) is 13.9. The number of para-hydroxylation sites is 1. The largest absolute Gasteiger partial charge is 0.483 e. The second-order valence-corrected chi connectivity index (χ2v) is 6.28. The highest BCUT2D eigenvalue weighted by Gasteiger charge is 2.19. The molecule has 0 heterocycles. The second kappa shape index (κ2) is 7.82. The number of esters is 1. The molecule has 0 aliphatic heterocycles. The number of hydrogen-bond donors (Lipinski definition) is 1. The highest BCUT2D eigenvalue weighted by Crippen LogP contribution is 2.30. The van der Waals surface area contributed by atoms with Gasteiger partial charge in [0.15, 0.2) is 6.61 Å². The molecule has 5 heteroatoms. The van der Waals surface area contributed by atoms with E-state index in [-0.39, 0.29) is 36.4 Å². The number of hydrogen-bond acceptors (Lipinski definition) is 4. The Kier molecular flexibility index (Phi) is 6.40. The minimum Gasteiger partial charge on any atom is -0.483 e. The van der Waals surface area contributed by atoms with Crippen LogP contribution in [-0.2, 0) is 19.7 Å². The molecule has 1 amide bonds. The van der Waals surface area contributed by atoms with Crippen LogP contribution < -0.4 is 10.1 Å². The van der Waals surface area contributed by atoms with Gasteiger partial charge in [0.1, 0.15) is 5.75 Å². The third-order valence-electron chi connectivity index (χ3n) is 3.16. The van der Waals surface area contributed by atoms with Gasteiger partial charge < -0.3 is 14.8 Å². The van der Waals surface area contributed by atoms with Crippen LogP contribution in [0.1, 0.15) is 39.7 Å². The molecule has 0 saturated carbocycles. The van der Waals surface area contributed by atoms with E-state index in [4.69, 9.17) is 4.74 Å². The molecule has 1 aromatic carbocycles. The van der Waals surface area contributed by atoms with E-state index in [1.165, 1.54) is 7.11 Å². The van der Waals surface area contributed by atoms with E-state index in [0.717, 1.165) is 5.56 Å². The number of rotatable bonds is 6. The van der Waals surface area contributed by atoms with Gasteiger partial charge in [-0.1, -0.05) is 39.0 Å². The summed E-state index contributed by atoms with van der Waals surface area (Å²) in [6, 6.07) is 7.38. The van der Waals surface area contributed by atoms with E-state index in [2.05, 4.69) is 30.8 Å². The van der Waals surface area contributed by atoms with E-state index in [1.807, 2.05) is 24.3 Å². The molecule has 0 aliphatic carbocycles. The van der Waals surface area contributed by atoms with Crippen LogP contribution in [0.5, 0.6) is 5.75 Å². The fourth-order valence-electron chi connectivity index (χ4n) is 2.06. The molecular formula is C17H25NO4. The zero-order chi connectivity index (χ0) is 16.8. The molecule has 1 atom stereocenters. The van der Waals surface area contributed by atoms with Crippen molar-refractivity contribution in [3.8, 4) is 5.75 Å². The van der Waals surface area contributed by atoms with Crippen LogP contribution in [0, 0.1) is 0 Å². The molecule has 0 spiro atoms. The van der Waals surface area contributed by atoms with Gasteiger partial charge in [0, 0.05) is 6.04 Å². The third-order valence-corrected chi connectivity index (χ3v) is 3.16. The normalized spacial score (nSPS) is 12.4. The molecular weight excluding hydrogens is 282 g/mol. The lowest BCUT2D eigenvalue weighted by Crippen LogP contribution is -2.37. The summed E-state index contributed by atoms with van der Waals surface area (Å²) in [5.74, 6) is 0.0812. The average molecular weight is 307 g/mol. The number of carbonyl (C=O) groups is 2. The van der Waals surface area contributed by atoms with Crippen molar-refractivity contribution in [2.45, 2.75) is 45.6 Å². The standard InChI is InChI=1S/C17H25NO4/c1-12(10-16(20)21-5)18-15(19)11-22-14-9-7-6-8-13(14)17(2,3)4/h6-9,12H,10-11H2,1-5H3,(H,18,19).